The maximum Gasteiger partial charge on any atom is 0.331 e. The van der Waals surface area contributed by atoms with E-state index >= 15 is 0 Å². The molecule has 0 saturated carbocycles. The number of H-pyrrole nitrogens is 1. The summed E-state index contributed by atoms with van der Waals surface area (Å²) in [6.07, 6.45) is 4.50. The zero-order chi connectivity index (χ0) is 24.0. The van der Waals surface area contributed by atoms with Gasteiger partial charge >= 0.3 is 11.7 Å². The molecule has 0 atom stereocenters. The lowest BCUT2D eigenvalue weighted by molar-refractivity contribution is -0.139. The molecule has 1 aromatic carbocycles. The first kappa shape index (κ1) is 23.8. The third-order valence-corrected chi connectivity index (χ3v) is 5.20. The molecule has 0 aliphatic carbocycles. The van der Waals surface area contributed by atoms with E-state index in [-0.39, 0.29) is 12.1 Å². The van der Waals surface area contributed by atoms with Crippen molar-refractivity contribution in [3.8, 4) is 11.5 Å². The lowest BCUT2D eigenvalue weighted by Gasteiger charge is -2.07. The molecule has 0 aliphatic heterocycles. The van der Waals surface area contributed by atoms with Crippen LogP contribution < -0.4 is 20.7 Å². The number of hydrogen-bond acceptors (Lipinski definition) is 7. The predicted octanol–water partition coefficient (Wildman–Crippen LogP) is 2.48. The first-order chi connectivity index (χ1) is 15.9. The smallest absolute Gasteiger partial charge is 0.331 e. The maximum absolute atomic E-state index is 12.5. The molecule has 0 fully saturated rings. The highest BCUT2D eigenvalue weighted by Gasteiger charge is 2.18. The quantitative estimate of drug-likeness (QED) is 0.368. The van der Waals surface area contributed by atoms with Crippen LogP contribution in [0.3, 0.4) is 0 Å². The van der Waals surface area contributed by atoms with Crippen LogP contribution in [0.2, 0.25) is 0 Å². The maximum atomic E-state index is 12.5. The number of nitrogens with one attached hydrogen (secondary N) is 1. The van der Waals surface area contributed by atoms with Crippen LogP contribution >= 0.6 is 0 Å². The largest absolute Gasteiger partial charge is 0.497 e. The van der Waals surface area contributed by atoms with Crippen molar-refractivity contribution >= 4 is 23.2 Å². The molecule has 1 N–H and O–H groups in total. The number of aromatic amines is 1. The van der Waals surface area contributed by atoms with Gasteiger partial charge in [-0.1, -0.05) is 13.3 Å². The fraction of sp³-hybridized carbons (Fsp3) is 0.391. The number of hydrogen-bond donors (Lipinski definition) is 1. The zero-order valence-corrected chi connectivity index (χ0v) is 19.2. The number of esters is 1. The number of imidazole rings is 1. The highest BCUT2D eigenvalue weighted by atomic mass is 16.5. The van der Waals surface area contributed by atoms with Crippen LogP contribution in [0.15, 0.2) is 33.9 Å². The van der Waals surface area contributed by atoms with Gasteiger partial charge in [-0.15, -0.1) is 0 Å². The van der Waals surface area contributed by atoms with E-state index in [4.69, 9.17) is 14.2 Å². The first-order valence-corrected chi connectivity index (χ1v) is 10.7. The van der Waals surface area contributed by atoms with Crippen LogP contribution in [0.4, 0.5) is 0 Å². The number of fused-ring (bicyclic) bond motifs is 1. The molecule has 0 radical (unpaired) electrons. The van der Waals surface area contributed by atoms with Crippen LogP contribution in [0.5, 0.6) is 11.5 Å². The fourth-order valence-electron chi connectivity index (χ4n) is 3.50. The Balaban J connectivity index is 1.85. The molecular formula is C23H28N4O6. The summed E-state index contributed by atoms with van der Waals surface area (Å²) in [5.74, 6) is 0.998. The van der Waals surface area contributed by atoms with E-state index < -0.39 is 17.2 Å². The van der Waals surface area contributed by atoms with Gasteiger partial charge in [0, 0.05) is 24.7 Å². The van der Waals surface area contributed by atoms with E-state index in [9.17, 15) is 14.4 Å². The van der Waals surface area contributed by atoms with E-state index in [1.807, 2.05) is 13.8 Å². The summed E-state index contributed by atoms with van der Waals surface area (Å²) in [4.78, 5) is 43.9. The van der Waals surface area contributed by atoms with Gasteiger partial charge in [0.1, 0.15) is 23.9 Å². The van der Waals surface area contributed by atoms with E-state index in [0.29, 0.717) is 41.6 Å². The Morgan fingerprint density at radius 3 is 2.61 bits per heavy atom. The monoisotopic (exact) mass is 456 g/mol. The molecule has 0 amide bonds. The highest BCUT2D eigenvalue weighted by Crippen LogP contribution is 2.25. The first-order valence-electron chi connectivity index (χ1n) is 10.7. The normalized spacial score (nSPS) is 11.3. The van der Waals surface area contributed by atoms with Gasteiger partial charge in [0.05, 0.1) is 14.2 Å². The summed E-state index contributed by atoms with van der Waals surface area (Å²) in [5, 5.41) is 0. The van der Waals surface area contributed by atoms with Crippen molar-refractivity contribution in [3.05, 3.63) is 56.5 Å². The van der Waals surface area contributed by atoms with E-state index in [1.54, 1.807) is 36.0 Å². The second-order valence-corrected chi connectivity index (χ2v) is 7.26. The van der Waals surface area contributed by atoms with Crippen LogP contribution in [-0.4, -0.2) is 39.3 Å². The molecule has 2 heterocycles. The number of aromatic nitrogens is 4. The second kappa shape index (κ2) is 10.7. The number of unbranched alkanes of at least 4 members (excludes halogenated alkanes) is 1. The Morgan fingerprint density at radius 2 is 1.94 bits per heavy atom. The van der Waals surface area contributed by atoms with Crippen LogP contribution in [0.1, 0.15) is 38.1 Å². The van der Waals surface area contributed by atoms with Gasteiger partial charge in [0.15, 0.2) is 11.2 Å². The van der Waals surface area contributed by atoms with Crippen LogP contribution in [0, 0.1) is 0 Å². The molecule has 2 aromatic heterocycles. The van der Waals surface area contributed by atoms with Crippen LogP contribution in [0.25, 0.3) is 17.2 Å². The minimum Gasteiger partial charge on any atom is -0.497 e. The number of nitrogens with zero attached hydrogens (tertiary/aromatic N) is 3. The standard InChI is InChI=1S/C23H28N4O6/c1-5-7-12-27-21-20(22(29)25-23(27)30)26(6-2)18(24-21)14-33-19(28)11-8-15-13-16(31-3)9-10-17(15)32-4/h8-11,13H,5-7,12,14H2,1-4H3,(H,25,29,30)/b11-8+. The number of benzene rings is 1. The lowest BCUT2D eigenvalue weighted by Crippen LogP contribution is -2.31. The molecule has 10 heteroatoms. The van der Waals surface area contributed by atoms with Crippen molar-refractivity contribution in [1.29, 1.82) is 0 Å². The SMILES string of the molecule is CCCCn1c(=O)[nH]c(=O)c2c1nc(COC(=O)/C=C/c1cc(OC)ccc1OC)n2CC. The van der Waals surface area contributed by atoms with E-state index in [0.717, 1.165) is 12.8 Å². The molecule has 3 rings (SSSR count). The minimum atomic E-state index is -0.591. The Kier molecular flexibility index (Phi) is 7.70. The number of carbonyl (C=O) groups is 1. The van der Waals surface area contributed by atoms with Gasteiger partial charge in [-0.2, -0.15) is 0 Å². The predicted molar refractivity (Wildman–Crippen MR) is 124 cm³/mol. The molecule has 0 spiro atoms. The van der Waals surface area contributed by atoms with Gasteiger partial charge < -0.3 is 18.8 Å². The molecule has 0 aliphatic rings. The highest BCUT2D eigenvalue weighted by molar-refractivity contribution is 5.87. The number of rotatable bonds is 10. The van der Waals surface area contributed by atoms with Gasteiger partial charge in [-0.25, -0.2) is 14.6 Å². The molecule has 3 aromatic rings. The molecule has 10 nitrogen and oxygen atoms in total. The number of methoxy groups -OCH3 is 2. The van der Waals surface area contributed by atoms with E-state index in [2.05, 4.69) is 9.97 Å². The number of aryl methyl sites for hydroxylation is 2. The average molecular weight is 456 g/mol. The van der Waals surface area contributed by atoms with Crippen molar-refractivity contribution in [3.63, 3.8) is 0 Å². The van der Waals surface area contributed by atoms with Crippen molar-refractivity contribution in [2.45, 2.75) is 46.4 Å². The second-order valence-electron chi connectivity index (χ2n) is 7.26. The summed E-state index contributed by atoms with van der Waals surface area (Å²) in [7, 11) is 3.09. The van der Waals surface area contributed by atoms with Crippen molar-refractivity contribution in [2.24, 2.45) is 0 Å². The Hall–Kier alpha value is -3.82. The van der Waals surface area contributed by atoms with E-state index in [1.165, 1.54) is 17.8 Å². The summed E-state index contributed by atoms with van der Waals surface area (Å²) in [5.41, 5.74) is 0.221. The summed E-state index contributed by atoms with van der Waals surface area (Å²) >= 11 is 0. The van der Waals surface area contributed by atoms with Gasteiger partial charge in [-0.05, 0) is 37.6 Å². The van der Waals surface area contributed by atoms with Crippen LogP contribution in [-0.2, 0) is 29.2 Å². The van der Waals surface area contributed by atoms with Crippen molar-refractivity contribution in [2.75, 3.05) is 14.2 Å². The van der Waals surface area contributed by atoms with Gasteiger partial charge in [0.2, 0.25) is 0 Å². The summed E-state index contributed by atoms with van der Waals surface area (Å²) in [6.45, 7) is 4.58. The van der Waals surface area contributed by atoms with Gasteiger partial charge in [0.25, 0.3) is 5.56 Å². The molecule has 0 saturated heterocycles. The number of ether oxygens (including phenoxy) is 3. The Morgan fingerprint density at radius 1 is 1.15 bits per heavy atom. The fourth-order valence-corrected chi connectivity index (χ4v) is 3.50. The summed E-state index contributed by atoms with van der Waals surface area (Å²) in [6, 6.07) is 5.23. The summed E-state index contributed by atoms with van der Waals surface area (Å²) < 4.78 is 19.0. The topological polar surface area (TPSA) is 117 Å². The third kappa shape index (κ3) is 5.16. The van der Waals surface area contributed by atoms with Gasteiger partial charge in [-0.3, -0.25) is 14.3 Å². The minimum absolute atomic E-state index is 0.150. The molecule has 176 valence electrons. The molecule has 0 unspecified atom stereocenters. The van der Waals surface area contributed by atoms with Crippen molar-refractivity contribution < 1.29 is 19.0 Å². The molecular weight excluding hydrogens is 428 g/mol. The number of carbonyl (C=O) groups excluding carboxylic acids is 1. The third-order valence-electron chi connectivity index (χ3n) is 5.20. The average Bonchev–Trinajstić information content (AvgIpc) is 3.19. The Bertz CT molecular complexity index is 1280. The Labute approximate surface area is 190 Å². The van der Waals surface area contributed by atoms with Crippen molar-refractivity contribution in [1.82, 2.24) is 19.1 Å². The zero-order valence-electron chi connectivity index (χ0n) is 19.2. The molecule has 33 heavy (non-hydrogen) atoms. The molecule has 0 bridgehead atoms. The lowest BCUT2D eigenvalue weighted by atomic mass is 10.1.